The molecule has 4 nitrogen and oxygen atoms in total. The fraction of sp³-hybridized carbons (Fsp3) is 0.643. The highest BCUT2D eigenvalue weighted by molar-refractivity contribution is 5.81. The Hall–Kier alpha value is -1.29. The van der Waals surface area contributed by atoms with Gasteiger partial charge in [-0.3, -0.25) is 10.1 Å². The molecule has 102 valence electrons. The lowest BCUT2D eigenvalue weighted by molar-refractivity contribution is -0.122. The van der Waals surface area contributed by atoms with Gasteiger partial charge in [0.1, 0.15) is 5.76 Å². The van der Waals surface area contributed by atoms with E-state index in [1.165, 1.54) is 6.42 Å². The first-order valence-corrected chi connectivity index (χ1v) is 6.72. The number of rotatable bonds is 8. The van der Waals surface area contributed by atoms with Crippen LogP contribution in [0.3, 0.4) is 0 Å². The topological polar surface area (TPSA) is 54.3 Å². The highest BCUT2D eigenvalue weighted by Gasteiger charge is 2.16. The van der Waals surface area contributed by atoms with Gasteiger partial charge < -0.3 is 9.73 Å². The van der Waals surface area contributed by atoms with Gasteiger partial charge in [0.25, 0.3) is 0 Å². The summed E-state index contributed by atoms with van der Waals surface area (Å²) in [7, 11) is 0. The second-order valence-corrected chi connectivity index (χ2v) is 4.62. The highest BCUT2D eigenvalue weighted by atomic mass is 16.3. The Morgan fingerprint density at radius 3 is 2.78 bits per heavy atom. The number of unbranched alkanes of at least 4 members (excludes halogenated alkanes) is 2. The van der Waals surface area contributed by atoms with E-state index in [1.54, 1.807) is 6.26 Å². The Morgan fingerprint density at radius 1 is 1.39 bits per heavy atom. The Balaban J connectivity index is 2.27. The molecule has 0 aromatic carbocycles. The van der Waals surface area contributed by atoms with Gasteiger partial charge in [0, 0.05) is 6.54 Å². The minimum atomic E-state index is -0.216. The highest BCUT2D eigenvalue weighted by Crippen LogP contribution is 2.12. The van der Waals surface area contributed by atoms with Crippen molar-refractivity contribution >= 4 is 5.91 Å². The summed E-state index contributed by atoms with van der Waals surface area (Å²) in [5, 5.41) is 6.15. The third-order valence-electron chi connectivity index (χ3n) is 2.94. The molecule has 2 N–H and O–H groups in total. The number of nitrogens with one attached hydrogen (secondary N) is 2. The molecule has 2 atom stereocenters. The second-order valence-electron chi connectivity index (χ2n) is 4.62. The van der Waals surface area contributed by atoms with Crippen LogP contribution >= 0.6 is 0 Å². The Bertz CT molecular complexity index is 336. The van der Waals surface area contributed by atoms with Crippen LogP contribution in [-0.2, 0) is 4.79 Å². The Morgan fingerprint density at radius 2 is 2.17 bits per heavy atom. The number of hydrogen-bond acceptors (Lipinski definition) is 3. The van der Waals surface area contributed by atoms with Crippen molar-refractivity contribution in [3.63, 3.8) is 0 Å². The van der Waals surface area contributed by atoms with Crippen LogP contribution in [-0.4, -0.2) is 18.5 Å². The molecule has 0 bridgehead atoms. The lowest BCUT2D eigenvalue weighted by atomic mass is 10.2. The molecule has 0 aliphatic rings. The van der Waals surface area contributed by atoms with Crippen molar-refractivity contribution < 1.29 is 9.21 Å². The Labute approximate surface area is 109 Å². The zero-order valence-corrected chi connectivity index (χ0v) is 11.5. The number of carbonyl (C=O) groups is 1. The molecule has 1 aromatic rings. The monoisotopic (exact) mass is 252 g/mol. The minimum absolute atomic E-state index is 0.0383. The summed E-state index contributed by atoms with van der Waals surface area (Å²) in [5.74, 6) is 0.894. The maximum Gasteiger partial charge on any atom is 0.236 e. The van der Waals surface area contributed by atoms with E-state index < -0.39 is 0 Å². The molecular formula is C14H24N2O2. The lowest BCUT2D eigenvalue weighted by Crippen LogP contribution is -2.43. The third kappa shape index (κ3) is 4.92. The van der Waals surface area contributed by atoms with Crippen LogP contribution in [0.25, 0.3) is 0 Å². The maximum absolute atomic E-state index is 11.8. The van der Waals surface area contributed by atoms with E-state index in [0.717, 1.165) is 25.1 Å². The van der Waals surface area contributed by atoms with Crippen molar-refractivity contribution in [2.45, 2.75) is 52.1 Å². The number of furan rings is 1. The fourth-order valence-corrected chi connectivity index (χ4v) is 1.81. The van der Waals surface area contributed by atoms with Crippen molar-refractivity contribution in [1.29, 1.82) is 0 Å². The van der Waals surface area contributed by atoms with E-state index in [-0.39, 0.29) is 18.0 Å². The molecule has 4 heteroatoms. The van der Waals surface area contributed by atoms with E-state index in [0.29, 0.717) is 0 Å². The van der Waals surface area contributed by atoms with Crippen LogP contribution in [0, 0.1) is 0 Å². The fourth-order valence-electron chi connectivity index (χ4n) is 1.81. The predicted molar refractivity (Wildman–Crippen MR) is 72.3 cm³/mol. The molecule has 1 heterocycles. The molecule has 0 saturated carbocycles. The van der Waals surface area contributed by atoms with Gasteiger partial charge >= 0.3 is 0 Å². The molecule has 0 aliphatic carbocycles. The first-order valence-electron chi connectivity index (χ1n) is 6.72. The van der Waals surface area contributed by atoms with Crippen LogP contribution in [0.5, 0.6) is 0 Å². The SMILES string of the molecule is CCCCCNC(=O)C(C)N[C@H](C)c1ccco1. The van der Waals surface area contributed by atoms with E-state index in [4.69, 9.17) is 4.42 Å². The van der Waals surface area contributed by atoms with Gasteiger partial charge in [-0.15, -0.1) is 0 Å². The van der Waals surface area contributed by atoms with Gasteiger partial charge in [-0.1, -0.05) is 19.8 Å². The van der Waals surface area contributed by atoms with Crippen LogP contribution in [0.4, 0.5) is 0 Å². The summed E-state index contributed by atoms with van der Waals surface area (Å²) < 4.78 is 5.29. The molecule has 0 aliphatic heterocycles. The number of hydrogen-bond donors (Lipinski definition) is 2. The second kappa shape index (κ2) is 7.93. The summed E-state index contributed by atoms with van der Waals surface area (Å²) in [6.45, 7) is 6.76. The van der Waals surface area contributed by atoms with Crippen molar-refractivity contribution in [1.82, 2.24) is 10.6 Å². The molecule has 0 spiro atoms. The van der Waals surface area contributed by atoms with Crippen molar-refractivity contribution in [2.75, 3.05) is 6.54 Å². The molecule has 0 radical (unpaired) electrons. The predicted octanol–water partition coefficient (Wildman–Crippen LogP) is 2.63. The summed E-state index contributed by atoms with van der Waals surface area (Å²) in [6.07, 6.45) is 5.01. The quantitative estimate of drug-likeness (QED) is 0.699. The minimum Gasteiger partial charge on any atom is -0.468 e. The molecule has 1 unspecified atom stereocenters. The Kier molecular flexibility index (Phi) is 6.50. The molecule has 0 fully saturated rings. The van der Waals surface area contributed by atoms with Crippen LogP contribution in [0.15, 0.2) is 22.8 Å². The number of amides is 1. The van der Waals surface area contributed by atoms with Gasteiger partial charge in [0.15, 0.2) is 0 Å². The van der Waals surface area contributed by atoms with Gasteiger partial charge in [0.05, 0.1) is 18.3 Å². The molecule has 1 rings (SSSR count). The average Bonchev–Trinajstić information content (AvgIpc) is 2.88. The largest absolute Gasteiger partial charge is 0.468 e. The zero-order valence-electron chi connectivity index (χ0n) is 11.5. The average molecular weight is 252 g/mol. The van der Waals surface area contributed by atoms with Crippen molar-refractivity contribution in [3.8, 4) is 0 Å². The summed E-state index contributed by atoms with van der Waals surface area (Å²) in [4.78, 5) is 11.8. The van der Waals surface area contributed by atoms with E-state index >= 15 is 0 Å². The smallest absolute Gasteiger partial charge is 0.236 e. The number of carbonyl (C=O) groups excluding carboxylic acids is 1. The lowest BCUT2D eigenvalue weighted by Gasteiger charge is -2.18. The molecule has 18 heavy (non-hydrogen) atoms. The summed E-state index contributed by atoms with van der Waals surface area (Å²) in [6, 6.07) is 3.58. The summed E-state index contributed by atoms with van der Waals surface area (Å²) in [5.41, 5.74) is 0. The van der Waals surface area contributed by atoms with Crippen molar-refractivity contribution in [3.05, 3.63) is 24.2 Å². The van der Waals surface area contributed by atoms with Crippen LogP contribution in [0.1, 0.15) is 51.8 Å². The first kappa shape index (κ1) is 14.8. The van der Waals surface area contributed by atoms with Gasteiger partial charge in [-0.2, -0.15) is 0 Å². The molecule has 1 aromatic heterocycles. The van der Waals surface area contributed by atoms with Crippen LogP contribution in [0.2, 0.25) is 0 Å². The van der Waals surface area contributed by atoms with Crippen LogP contribution < -0.4 is 10.6 Å². The standard InChI is InChI=1S/C14H24N2O2/c1-4-5-6-9-15-14(17)12(3)16-11(2)13-8-7-10-18-13/h7-8,10-12,16H,4-6,9H2,1-3H3,(H,15,17)/t11-,12?/m1/s1. The first-order chi connectivity index (χ1) is 8.65. The molecular weight excluding hydrogens is 228 g/mol. The van der Waals surface area contributed by atoms with E-state index in [9.17, 15) is 4.79 Å². The molecule has 0 saturated heterocycles. The molecule has 1 amide bonds. The summed E-state index contributed by atoms with van der Waals surface area (Å²) >= 11 is 0. The zero-order chi connectivity index (χ0) is 13.4. The van der Waals surface area contributed by atoms with Crippen molar-refractivity contribution in [2.24, 2.45) is 0 Å². The van der Waals surface area contributed by atoms with Gasteiger partial charge in [-0.05, 0) is 32.4 Å². The maximum atomic E-state index is 11.8. The third-order valence-corrected chi connectivity index (χ3v) is 2.94. The van der Waals surface area contributed by atoms with Gasteiger partial charge in [-0.25, -0.2) is 0 Å². The van der Waals surface area contributed by atoms with Gasteiger partial charge in [0.2, 0.25) is 5.91 Å². The van der Waals surface area contributed by atoms with E-state index in [2.05, 4.69) is 17.6 Å². The normalized spacial score (nSPS) is 14.2. The van der Waals surface area contributed by atoms with E-state index in [1.807, 2.05) is 26.0 Å².